The molecule has 0 aromatic heterocycles. The molecule has 2 aliphatic rings. The molecule has 0 spiro atoms. The predicted octanol–water partition coefficient (Wildman–Crippen LogP) is 3.80. The van der Waals surface area contributed by atoms with Crippen LogP contribution in [0.15, 0.2) is 29.2 Å². The summed E-state index contributed by atoms with van der Waals surface area (Å²) in [4.78, 5) is 1.50. The van der Waals surface area contributed by atoms with Gasteiger partial charge < -0.3 is 5.32 Å². The largest absolute Gasteiger partial charge is 0.311 e. The van der Waals surface area contributed by atoms with Crippen molar-refractivity contribution in [2.45, 2.75) is 49.0 Å². The van der Waals surface area contributed by atoms with Crippen molar-refractivity contribution in [3.05, 3.63) is 29.8 Å². The van der Waals surface area contributed by atoms with Gasteiger partial charge in [-0.15, -0.1) is 11.8 Å². The average molecular weight is 247 g/mol. The SMILES string of the molecule is CC1(NCC2CSc3ccccc32)CCCC1. The van der Waals surface area contributed by atoms with E-state index in [1.54, 1.807) is 5.56 Å². The molecule has 1 aliphatic carbocycles. The standard InChI is InChI=1S/C15H21NS/c1-15(8-4-5-9-15)16-10-12-11-17-14-7-3-2-6-13(12)14/h2-3,6-7,12,16H,4-5,8-11H2,1H3. The van der Waals surface area contributed by atoms with Gasteiger partial charge in [0.05, 0.1) is 0 Å². The summed E-state index contributed by atoms with van der Waals surface area (Å²) in [5, 5.41) is 3.83. The number of nitrogens with one attached hydrogen (secondary N) is 1. The summed E-state index contributed by atoms with van der Waals surface area (Å²) in [6.07, 6.45) is 5.52. The molecule has 0 bridgehead atoms. The van der Waals surface area contributed by atoms with Crippen molar-refractivity contribution in [2.24, 2.45) is 0 Å². The minimum absolute atomic E-state index is 0.419. The van der Waals surface area contributed by atoms with Crippen molar-refractivity contribution < 1.29 is 0 Å². The van der Waals surface area contributed by atoms with E-state index in [0.717, 1.165) is 6.54 Å². The first-order chi connectivity index (χ1) is 8.27. The number of fused-ring (bicyclic) bond motifs is 1. The van der Waals surface area contributed by atoms with E-state index in [2.05, 4.69) is 36.5 Å². The van der Waals surface area contributed by atoms with E-state index in [0.29, 0.717) is 11.5 Å². The molecular formula is C15H21NS. The highest BCUT2D eigenvalue weighted by molar-refractivity contribution is 7.99. The highest BCUT2D eigenvalue weighted by Crippen LogP contribution is 2.39. The van der Waals surface area contributed by atoms with Crippen molar-refractivity contribution in [1.82, 2.24) is 5.32 Å². The van der Waals surface area contributed by atoms with Crippen molar-refractivity contribution >= 4 is 11.8 Å². The Morgan fingerprint density at radius 1 is 1.29 bits per heavy atom. The second-order valence-electron chi connectivity index (χ2n) is 5.69. The Hall–Kier alpha value is -0.470. The van der Waals surface area contributed by atoms with Gasteiger partial charge in [0.1, 0.15) is 0 Å². The first-order valence-corrected chi connectivity index (χ1v) is 7.72. The first kappa shape index (κ1) is 11.6. The van der Waals surface area contributed by atoms with Gasteiger partial charge in [0.2, 0.25) is 0 Å². The molecule has 1 fully saturated rings. The zero-order chi connectivity index (χ0) is 11.7. The van der Waals surface area contributed by atoms with Gasteiger partial charge >= 0.3 is 0 Å². The molecule has 1 heterocycles. The van der Waals surface area contributed by atoms with E-state index in [1.807, 2.05) is 11.8 Å². The van der Waals surface area contributed by atoms with Gasteiger partial charge in [-0.3, -0.25) is 0 Å². The molecule has 0 saturated heterocycles. The summed E-state index contributed by atoms with van der Waals surface area (Å²) < 4.78 is 0. The maximum Gasteiger partial charge on any atom is 0.0153 e. The van der Waals surface area contributed by atoms with E-state index in [4.69, 9.17) is 0 Å². The number of hydrogen-bond donors (Lipinski definition) is 1. The Morgan fingerprint density at radius 3 is 2.88 bits per heavy atom. The van der Waals surface area contributed by atoms with Crippen LogP contribution < -0.4 is 5.32 Å². The Bertz CT molecular complexity index is 396. The Balaban J connectivity index is 1.64. The third-order valence-electron chi connectivity index (χ3n) is 4.28. The first-order valence-electron chi connectivity index (χ1n) is 6.74. The summed E-state index contributed by atoms with van der Waals surface area (Å²) >= 11 is 2.02. The topological polar surface area (TPSA) is 12.0 Å². The summed E-state index contributed by atoms with van der Waals surface area (Å²) in [5.41, 5.74) is 1.98. The summed E-state index contributed by atoms with van der Waals surface area (Å²) in [6.45, 7) is 3.55. The maximum atomic E-state index is 3.83. The second kappa shape index (κ2) is 4.66. The number of hydrogen-bond acceptors (Lipinski definition) is 2. The lowest BCUT2D eigenvalue weighted by atomic mass is 9.97. The molecule has 17 heavy (non-hydrogen) atoms. The van der Waals surface area contributed by atoms with E-state index in [9.17, 15) is 0 Å². The smallest absolute Gasteiger partial charge is 0.0153 e. The molecular weight excluding hydrogens is 226 g/mol. The van der Waals surface area contributed by atoms with E-state index in [1.165, 1.54) is 36.3 Å². The monoisotopic (exact) mass is 247 g/mol. The summed E-state index contributed by atoms with van der Waals surface area (Å²) in [6, 6.07) is 8.89. The fourth-order valence-corrected chi connectivity index (χ4v) is 4.35. The molecule has 1 aromatic rings. The predicted molar refractivity (Wildman–Crippen MR) is 74.8 cm³/mol. The van der Waals surface area contributed by atoms with Crippen LogP contribution in [0.5, 0.6) is 0 Å². The lowest BCUT2D eigenvalue weighted by Crippen LogP contribution is -2.41. The molecule has 92 valence electrons. The lowest BCUT2D eigenvalue weighted by Gasteiger charge is -2.27. The molecule has 2 heteroatoms. The molecule has 1 aliphatic heterocycles. The van der Waals surface area contributed by atoms with Gasteiger partial charge in [-0.2, -0.15) is 0 Å². The highest BCUT2D eigenvalue weighted by Gasteiger charge is 2.30. The Labute approximate surface area is 108 Å². The Morgan fingerprint density at radius 2 is 2.06 bits per heavy atom. The van der Waals surface area contributed by atoms with Crippen LogP contribution >= 0.6 is 11.8 Å². The molecule has 3 rings (SSSR count). The fourth-order valence-electron chi connectivity index (χ4n) is 3.10. The van der Waals surface area contributed by atoms with Crippen molar-refractivity contribution in [2.75, 3.05) is 12.3 Å². The molecule has 1 nitrogen and oxygen atoms in total. The van der Waals surface area contributed by atoms with Crippen LogP contribution in [0.25, 0.3) is 0 Å². The van der Waals surface area contributed by atoms with E-state index >= 15 is 0 Å². The molecule has 1 atom stereocenters. The Kier molecular flexibility index (Phi) is 3.18. The van der Waals surface area contributed by atoms with Crippen LogP contribution in [0.4, 0.5) is 0 Å². The summed E-state index contributed by atoms with van der Waals surface area (Å²) in [5.74, 6) is 1.97. The zero-order valence-corrected chi connectivity index (χ0v) is 11.4. The van der Waals surface area contributed by atoms with Gasteiger partial charge in [-0.1, -0.05) is 31.0 Å². The molecule has 1 N–H and O–H groups in total. The maximum absolute atomic E-state index is 3.83. The summed E-state index contributed by atoms with van der Waals surface area (Å²) in [7, 11) is 0. The van der Waals surface area contributed by atoms with Crippen LogP contribution in [-0.2, 0) is 0 Å². The van der Waals surface area contributed by atoms with Crippen LogP contribution in [0, 0.1) is 0 Å². The van der Waals surface area contributed by atoms with Crippen LogP contribution in [-0.4, -0.2) is 17.8 Å². The average Bonchev–Trinajstić information content (AvgIpc) is 2.94. The normalized spacial score (nSPS) is 26.1. The zero-order valence-electron chi connectivity index (χ0n) is 10.5. The van der Waals surface area contributed by atoms with Gasteiger partial charge in [-0.25, -0.2) is 0 Å². The molecule has 1 aromatic carbocycles. The fraction of sp³-hybridized carbons (Fsp3) is 0.600. The third kappa shape index (κ3) is 2.38. The van der Waals surface area contributed by atoms with Gasteiger partial charge in [0, 0.05) is 28.6 Å². The number of benzene rings is 1. The molecule has 1 saturated carbocycles. The lowest BCUT2D eigenvalue weighted by molar-refractivity contribution is 0.357. The molecule has 1 unspecified atom stereocenters. The van der Waals surface area contributed by atoms with Crippen LogP contribution in [0.1, 0.15) is 44.1 Å². The quantitative estimate of drug-likeness (QED) is 0.872. The van der Waals surface area contributed by atoms with Crippen molar-refractivity contribution in [3.63, 3.8) is 0 Å². The number of thioether (sulfide) groups is 1. The van der Waals surface area contributed by atoms with Crippen molar-refractivity contribution in [3.8, 4) is 0 Å². The minimum atomic E-state index is 0.419. The van der Waals surface area contributed by atoms with E-state index < -0.39 is 0 Å². The second-order valence-corrected chi connectivity index (χ2v) is 6.76. The highest BCUT2D eigenvalue weighted by atomic mass is 32.2. The van der Waals surface area contributed by atoms with Crippen molar-refractivity contribution in [1.29, 1.82) is 0 Å². The minimum Gasteiger partial charge on any atom is -0.311 e. The van der Waals surface area contributed by atoms with E-state index in [-0.39, 0.29) is 0 Å². The molecule has 0 amide bonds. The molecule has 0 radical (unpaired) electrons. The third-order valence-corrected chi connectivity index (χ3v) is 5.53. The van der Waals surface area contributed by atoms with Gasteiger partial charge in [0.25, 0.3) is 0 Å². The number of rotatable bonds is 3. The van der Waals surface area contributed by atoms with Crippen LogP contribution in [0.2, 0.25) is 0 Å². The van der Waals surface area contributed by atoms with Gasteiger partial charge in [0.15, 0.2) is 0 Å². The van der Waals surface area contributed by atoms with Crippen LogP contribution in [0.3, 0.4) is 0 Å². The van der Waals surface area contributed by atoms with Gasteiger partial charge in [-0.05, 0) is 31.4 Å².